The van der Waals surface area contributed by atoms with Crippen molar-refractivity contribution in [3.63, 3.8) is 0 Å². The van der Waals surface area contributed by atoms with Crippen LogP contribution in [-0.2, 0) is 9.59 Å². The van der Waals surface area contributed by atoms with Gasteiger partial charge in [-0.15, -0.1) is 12.4 Å². The monoisotopic (exact) mass is 329 g/mol. The molecule has 0 radical (unpaired) electrons. The minimum Gasteiger partial charge on any atom is -0.344 e. The van der Waals surface area contributed by atoms with E-state index in [0.717, 1.165) is 45.1 Å². The molecule has 5 nitrogen and oxygen atoms in total. The summed E-state index contributed by atoms with van der Waals surface area (Å²) in [6, 6.07) is -0.0306. The van der Waals surface area contributed by atoms with Crippen molar-refractivity contribution >= 4 is 24.2 Å². The van der Waals surface area contributed by atoms with Gasteiger partial charge in [0.05, 0.1) is 0 Å². The summed E-state index contributed by atoms with van der Waals surface area (Å²) < 4.78 is 0. The van der Waals surface area contributed by atoms with Crippen molar-refractivity contribution in [2.24, 2.45) is 23.5 Å². The number of likely N-dealkylation sites (tertiary alicyclic amines) is 1. The number of fused-ring (bicyclic) bond motifs is 2. The van der Waals surface area contributed by atoms with Crippen molar-refractivity contribution < 1.29 is 9.59 Å². The number of nitrogens with two attached hydrogens (primary N) is 1. The van der Waals surface area contributed by atoms with Crippen LogP contribution in [0.1, 0.15) is 44.9 Å². The third-order valence-corrected chi connectivity index (χ3v) is 5.76. The fraction of sp³-hybridized carbons (Fsp3) is 0.875. The Balaban J connectivity index is 0.00000176. The van der Waals surface area contributed by atoms with Crippen molar-refractivity contribution in [2.45, 2.75) is 57.0 Å². The molecule has 3 atom stereocenters. The number of likely N-dealkylation sites (N-methyl/N-ethyl adjacent to an activating group) is 1. The second-order valence-electron chi connectivity index (χ2n) is 7.16. The Morgan fingerprint density at radius 2 is 1.82 bits per heavy atom. The molecule has 2 saturated carbocycles. The van der Waals surface area contributed by atoms with Crippen LogP contribution in [0.2, 0.25) is 0 Å². The Morgan fingerprint density at radius 3 is 2.45 bits per heavy atom. The topological polar surface area (TPSA) is 75.4 Å². The fourth-order valence-corrected chi connectivity index (χ4v) is 4.46. The first-order valence-corrected chi connectivity index (χ1v) is 8.37. The smallest absolute Gasteiger partial charge is 0.244 e. The SMILES string of the molecule is CN1CCCC(NC(=O)C2CC3CCCC(C2)C3N)C1=O.Cl. The average Bonchev–Trinajstić information content (AvgIpc) is 2.43. The molecule has 6 heteroatoms. The summed E-state index contributed by atoms with van der Waals surface area (Å²) in [7, 11) is 1.81. The van der Waals surface area contributed by atoms with Crippen LogP contribution in [0.25, 0.3) is 0 Å². The average molecular weight is 330 g/mol. The second kappa shape index (κ2) is 7.18. The molecule has 3 fully saturated rings. The minimum atomic E-state index is -0.313. The number of piperidine rings is 1. The van der Waals surface area contributed by atoms with Crippen LogP contribution >= 0.6 is 12.4 Å². The molecule has 0 aromatic rings. The van der Waals surface area contributed by atoms with Gasteiger partial charge in [-0.1, -0.05) is 6.42 Å². The maximum atomic E-state index is 12.5. The van der Waals surface area contributed by atoms with Crippen LogP contribution in [0.5, 0.6) is 0 Å². The van der Waals surface area contributed by atoms with Gasteiger partial charge in [0.1, 0.15) is 6.04 Å². The molecule has 3 N–H and O–H groups in total. The molecular weight excluding hydrogens is 302 g/mol. The van der Waals surface area contributed by atoms with E-state index in [1.807, 2.05) is 7.05 Å². The Morgan fingerprint density at radius 1 is 1.18 bits per heavy atom. The summed E-state index contributed by atoms with van der Waals surface area (Å²) in [5, 5.41) is 3.00. The lowest BCUT2D eigenvalue weighted by molar-refractivity contribution is -0.139. The zero-order chi connectivity index (χ0) is 15.0. The fourth-order valence-electron chi connectivity index (χ4n) is 4.46. The summed E-state index contributed by atoms with van der Waals surface area (Å²) in [6.45, 7) is 0.799. The van der Waals surface area contributed by atoms with Gasteiger partial charge < -0.3 is 16.0 Å². The Hall–Kier alpha value is -0.810. The third kappa shape index (κ3) is 3.40. The lowest BCUT2D eigenvalue weighted by Crippen LogP contribution is -2.54. The molecule has 3 rings (SSSR count). The Kier molecular flexibility index (Phi) is 5.72. The Bertz CT molecular complexity index is 418. The third-order valence-electron chi connectivity index (χ3n) is 5.76. The van der Waals surface area contributed by atoms with Gasteiger partial charge in [0.25, 0.3) is 0 Å². The van der Waals surface area contributed by atoms with Crippen LogP contribution in [0, 0.1) is 17.8 Å². The number of hydrogen-bond acceptors (Lipinski definition) is 3. The summed E-state index contributed by atoms with van der Waals surface area (Å²) in [5.74, 6) is 1.19. The second-order valence-corrected chi connectivity index (χ2v) is 7.16. The highest BCUT2D eigenvalue weighted by molar-refractivity contribution is 5.88. The first-order valence-electron chi connectivity index (χ1n) is 8.37. The summed E-state index contributed by atoms with van der Waals surface area (Å²) in [5.41, 5.74) is 6.28. The van der Waals surface area contributed by atoms with E-state index in [9.17, 15) is 9.59 Å². The number of nitrogens with zero attached hydrogens (tertiary/aromatic N) is 1. The number of halogens is 1. The number of carbonyl (C=O) groups excluding carboxylic acids is 2. The highest BCUT2D eigenvalue weighted by Gasteiger charge is 2.41. The maximum Gasteiger partial charge on any atom is 0.244 e. The molecule has 0 aromatic heterocycles. The van der Waals surface area contributed by atoms with Gasteiger partial charge in [0, 0.05) is 25.6 Å². The van der Waals surface area contributed by atoms with Crippen molar-refractivity contribution in [2.75, 3.05) is 13.6 Å². The lowest BCUT2D eigenvalue weighted by atomic mass is 9.65. The molecule has 0 aromatic carbocycles. The van der Waals surface area contributed by atoms with Crippen molar-refractivity contribution in [1.29, 1.82) is 0 Å². The van der Waals surface area contributed by atoms with Crippen LogP contribution in [-0.4, -0.2) is 42.4 Å². The van der Waals surface area contributed by atoms with E-state index in [1.165, 1.54) is 6.42 Å². The molecule has 126 valence electrons. The molecule has 3 unspecified atom stereocenters. The maximum absolute atomic E-state index is 12.5. The van der Waals surface area contributed by atoms with Gasteiger partial charge in [-0.05, 0) is 50.4 Å². The van der Waals surface area contributed by atoms with Crippen molar-refractivity contribution in [1.82, 2.24) is 10.2 Å². The minimum absolute atomic E-state index is 0. The van der Waals surface area contributed by atoms with Gasteiger partial charge in [-0.3, -0.25) is 9.59 Å². The molecule has 1 saturated heterocycles. The van der Waals surface area contributed by atoms with Crippen LogP contribution in [0.15, 0.2) is 0 Å². The summed E-state index contributed by atoms with van der Waals surface area (Å²) >= 11 is 0. The highest BCUT2D eigenvalue weighted by Crippen LogP contribution is 2.41. The molecule has 0 spiro atoms. The van der Waals surface area contributed by atoms with Crippen LogP contribution < -0.4 is 11.1 Å². The number of rotatable bonds is 2. The van der Waals surface area contributed by atoms with E-state index in [-0.39, 0.29) is 42.2 Å². The van der Waals surface area contributed by atoms with E-state index in [4.69, 9.17) is 5.73 Å². The number of hydrogen-bond donors (Lipinski definition) is 2. The molecule has 2 aliphatic carbocycles. The molecule has 2 bridgehead atoms. The zero-order valence-electron chi connectivity index (χ0n) is 13.3. The van der Waals surface area contributed by atoms with E-state index < -0.39 is 0 Å². The van der Waals surface area contributed by atoms with Gasteiger partial charge in [-0.25, -0.2) is 0 Å². The first kappa shape index (κ1) is 17.5. The first-order chi connectivity index (χ1) is 10.1. The number of nitrogens with one attached hydrogen (secondary N) is 1. The molecular formula is C16H28ClN3O2. The quantitative estimate of drug-likeness (QED) is 0.801. The summed E-state index contributed by atoms with van der Waals surface area (Å²) in [4.78, 5) is 26.3. The van der Waals surface area contributed by atoms with Crippen LogP contribution in [0.3, 0.4) is 0 Å². The van der Waals surface area contributed by atoms with Crippen molar-refractivity contribution in [3.8, 4) is 0 Å². The normalized spacial score (nSPS) is 38.2. The summed E-state index contributed by atoms with van der Waals surface area (Å²) in [6.07, 6.45) is 7.12. The predicted octanol–water partition coefficient (Wildman–Crippen LogP) is 1.30. The molecule has 2 amide bonds. The number of amides is 2. The van der Waals surface area contributed by atoms with Gasteiger partial charge in [0.2, 0.25) is 11.8 Å². The highest BCUT2D eigenvalue weighted by atomic mass is 35.5. The van der Waals surface area contributed by atoms with Crippen LogP contribution in [0.4, 0.5) is 0 Å². The molecule has 1 heterocycles. The molecule has 3 aliphatic rings. The largest absolute Gasteiger partial charge is 0.344 e. The van der Waals surface area contributed by atoms with E-state index in [2.05, 4.69) is 5.32 Å². The predicted molar refractivity (Wildman–Crippen MR) is 87.6 cm³/mol. The van der Waals surface area contributed by atoms with Gasteiger partial charge in [-0.2, -0.15) is 0 Å². The van der Waals surface area contributed by atoms with E-state index >= 15 is 0 Å². The van der Waals surface area contributed by atoms with Gasteiger partial charge in [0.15, 0.2) is 0 Å². The van der Waals surface area contributed by atoms with Gasteiger partial charge >= 0.3 is 0 Å². The molecule has 22 heavy (non-hydrogen) atoms. The van der Waals surface area contributed by atoms with E-state index in [0.29, 0.717) is 11.8 Å². The Labute approximate surface area is 138 Å². The molecule has 1 aliphatic heterocycles. The number of carbonyl (C=O) groups is 2. The lowest BCUT2D eigenvalue weighted by Gasteiger charge is -2.43. The standard InChI is InChI=1S/C16H27N3O2.ClH/c1-19-7-3-6-13(16(19)21)18-15(20)12-8-10-4-2-5-11(9-12)14(10)17;/h10-14H,2-9,17H2,1H3,(H,18,20);1H. The van der Waals surface area contributed by atoms with Crippen molar-refractivity contribution in [3.05, 3.63) is 0 Å². The zero-order valence-corrected chi connectivity index (χ0v) is 14.1. The van der Waals surface area contributed by atoms with E-state index in [1.54, 1.807) is 4.90 Å².